The third-order valence-electron chi connectivity index (χ3n) is 4.39. The molecular weight excluding hydrogens is 372 g/mol. The highest BCUT2D eigenvalue weighted by Gasteiger charge is 2.21. The summed E-state index contributed by atoms with van der Waals surface area (Å²) in [5.74, 6) is 0. The van der Waals surface area contributed by atoms with Crippen LogP contribution < -0.4 is 4.72 Å². The van der Waals surface area contributed by atoms with Crippen molar-refractivity contribution in [3.8, 4) is 0 Å². The van der Waals surface area contributed by atoms with Gasteiger partial charge in [0.05, 0.1) is 17.6 Å². The van der Waals surface area contributed by atoms with Crippen LogP contribution in [0.3, 0.4) is 0 Å². The van der Waals surface area contributed by atoms with Gasteiger partial charge in [0, 0.05) is 24.7 Å². The van der Waals surface area contributed by atoms with E-state index >= 15 is 0 Å². The van der Waals surface area contributed by atoms with Crippen LogP contribution >= 0.6 is 11.6 Å². The molecule has 1 atom stereocenters. The zero-order valence-electron chi connectivity index (χ0n) is 14.5. The summed E-state index contributed by atoms with van der Waals surface area (Å²) in [6, 6.07) is 16.4. The molecule has 0 aromatic heterocycles. The topological polar surface area (TPSA) is 58.6 Å². The van der Waals surface area contributed by atoms with E-state index in [1.54, 1.807) is 12.1 Å². The Morgan fingerprint density at radius 3 is 2.58 bits per heavy atom. The van der Waals surface area contributed by atoms with E-state index in [2.05, 4.69) is 21.8 Å². The average molecular weight is 395 g/mol. The van der Waals surface area contributed by atoms with E-state index in [1.807, 2.05) is 18.2 Å². The summed E-state index contributed by atoms with van der Waals surface area (Å²) in [5, 5.41) is 0.518. The summed E-state index contributed by atoms with van der Waals surface area (Å²) in [4.78, 5) is 2.55. The molecule has 7 heteroatoms. The number of hydrogen-bond donors (Lipinski definition) is 1. The highest BCUT2D eigenvalue weighted by atomic mass is 35.5. The largest absolute Gasteiger partial charge is 0.371 e. The van der Waals surface area contributed by atoms with Crippen molar-refractivity contribution in [3.63, 3.8) is 0 Å². The van der Waals surface area contributed by atoms with Gasteiger partial charge in [0.25, 0.3) is 0 Å². The number of morpholine rings is 1. The number of halogens is 1. The van der Waals surface area contributed by atoms with Crippen LogP contribution in [0.1, 0.15) is 18.1 Å². The van der Waals surface area contributed by atoms with E-state index in [0.29, 0.717) is 18.2 Å². The highest BCUT2D eigenvalue weighted by molar-refractivity contribution is 7.89. The molecule has 1 heterocycles. The molecule has 140 valence electrons. The summed E-state index contributed by atoms with van der Waals surface area (Å²) in [7, 11) is -3.49. The van der Waals surface area contributed by atoms with Crippen LogP contribution in [0.2, 0.25) is 5.02 Å². The molecule has 1 unspecified atom stereocenters. The third kappa shape index (κ3) is 5.28. The number of benzene rings is 2. The Kier molecular flexibility index (Phi) is 6.67. The third-order valence-corrected chi connectivity index (χ3v) is 6.12. The molecule has 1 aliphatic heterocycles. The summed E-state index contributed by atoms with van der Waals surface area (Å²) in [6.45, 7) is 3.62. The van der Waals surface area contributed by atoms with Gasteiger partial charge in [-0.1, -0.05) is 41.9 Å². The zero-order chi connectivity index (χ0) is 18.4. The number of nitrogens with zero attached hydrogens (tertiary/aromatic N) is 1. The molecule has 1 N–H and O–H groups in total. The Balaban J connectivity index is 1.45. The van der Waals surface area contributed by atoms with Crippen LogP contribution in [0, 0.1) is 0 Å². The van der Waals surface area contributed by atoms with Gasteiger partial charge in [-0.25, -0.2) is 13.1 Å². The molecule has 2 aromatic carbocycles. The van der Waals surface area contributed by atoms with Gasteiger partial charge >= 0.3 is 0 Å². The summed E-state index contributed by atoms with van der Waals surface area (Å²) >= 11 is 5.80. The lowest BCUT2D eigenvalue weighted by Crippen LogP contribution is -2.39. The van der Waals surface area contributed by atoms with Gasteiger partial charge < -0.3 is 4.74 Å². The average Bonchev–Trinajstić information content (AvgIpc) is 2.67. The Hall–Kier alpha value is -1.44. The second kappa shape index (κ2) is 8.97. The SMILES string of the molecule is O=S(=O)(NCCCN1CCOC(c2ccccc2)C1)c1ccc(Cl)cc1. The van der Waals surface area contributed by atoms with Gasteiger partial charge in [-0.15, -0.1) is 0 Å². The van der Waals surface area contributed by atoms with Crippen molar-refractivity contribution in [2.24, 2.45) is 0 Å². The van der Waals surface area contributed by atoms with Gasteiger partial charge in [0.2, 0.25) is 10.0 Å². The minimum Gasteiger partial charge on any atom is -0.371 e. The van der Waals surface area contributed by atoms with Gasteiger partial charge in [-0.05, 0) is 42.8 Å². The lowest BCUT2D eigenvalue weighted by molar-refractivity contribution is -0.0300. The Bertz CT molecular complexity index is 797. The molecule has 1 aliphatic rings. The van der Waals surface area contributed by atoms with E-state index in [0.717, 1.165) is 26.1 Å². The summed E-state index contributed by atoms with van der Waals surface area (Å²) in [5.41, 5.74) is 1.18. The fourth-order valence-electron chi connectivity index (χ4n) is 2.98. The van der Waals surface area contributed by atoms with Gasteiger partial charge in [-0.3, -0.25) is 4.90 Å². The van der Waals surface area contributed by atoms with Gasteiger partial charge in [0.15, 0.2) is 0 Å². The van der Waals surface area contributed by atoms with E-state index in [4.69, 9.17) is 16.3 Å². The molecule has 5 nitrogen and oxygen atoms in total. The first-order chi connectivity index (χ1) is 12.5. The minimum atomic E-state index is -3.49. The molecule has 0 radical (unpaired) electrons. The van der Waals surface area contributed by atoms with Crippen LogP contribution in [0.4, 0.5) is 0 Å². The first-order valence-corrected chi connectivity index (χ1v) is 10.5. The predicted octanol–water partition coefficient (Wildman–Crippen LogP) is 3.08. The predicted molar refractivity (Wildman–Crippen MR) is 103 cm³/mol. The van der Waals surface area contributed by atoms with Crippen LogP contribution in [-0.2, 0) is 14.8 Å². The molecule has 1 saturated heterocycles. The standard InChI is InChI=1S/C19H23ClN2O3S/c20-17-7-9-18(10-8-17)26(23,24)21-11-4-12-22-13-14-25-19(15-22)16-5-2-1-3-6-16/h1-3,5-10,19,21H,4,11-15H2. The van der Waals surface area contributed by atoms with Crippen molar-refractivity contribution in [1.29, 1.82) is 0 Å². The maximum atomic E-state index is 12.2. The number of hydrogen-bond acceptors (Lipinski definition) is 4. The van der Waals surface area contributed by atoms with Crippen molar-refractivity contribution in [2.45, 2.75) is 17.4 Å². The first kappa shape index (κ1) is 19.3. The van der Waals surface area contributed by atoms with Crippen LogP contribution in [0.5, 0.6) is 0 Å². The summed E-state index contributed by atoms with van der Waals surface area (Å²) < 4.78 is 33.0. The number of rotatable bonds is 7. The minimum absolute atomic E-state index is 0.0794. The molecule has 0 amide bonds. The van der Waals surface area contributed by atoms with Crippen LogP contribution in [0.15, 0.2) is 59.5 Å². The molecule has 2 aromatic rings. The zero-order valence-corrected chi connectivity index (χ0v) is 16.0. The van der Waals surface area contributed by atoms with E-state index in [-0.39, 0.29) is 11.0 Å². The quantitative estimate of drug-likeness (QED) is 0.733. The normalized spacial score (nSPS) is 18.7. The maximum absolute atomic E-state index is 12.2. The number of nitrogens with one attached hydrogen (secondary N) is 1. The molecule has 0 saturated carbocycles. The van der Waals surface area contributed by atoms with Crippen molar-refractivity contribution in [2.75, 3.05) is 32.8 Å². The smallest absolute Gasteiger partial charge is 0.240 e. The Morgan fingerprint density at radius 1 is 1.12 bits per heavy atom. The molecule has 26 heavy (non-hydrogen) atoms. The monoisotopic (exact) mass is 394 g/mol. The molecule has 1 fully saturated rings. The second-order valence-corrected chi connectivity index (χ2v) is 8.48. The second-order valence-electron chi connectivity index (χ2n) is 6.28. The van der Waals surface area contributed by atoms with Gasteiger partial charge in [0.1, 0.15) is 0 Å². The van der Waals surface area contributed by atoms with Crippen molar-refractivity contribution in [3.05, 3.63) is 65.2 Å². The molecule has 0 bridgehead atoms. The number of ether oxygens (including phenoxy) is 1. The molecule has 0 aliphatic carbocycles. The lowest BCUT2D eigenvalue weighted by Gasteiger charge is -2.33. The van der Waals surface area contributed by atoms with Crippen LogP contribution in [0.25, 0.3) is 0 Å². The lowest BCUT2D eigenvalue weighted by atomic mass is 10.1. The van der Waals surface area contributed by atoms with Crippen molar-refractivity contribution >= 4 is 21.6 Å². The molecule has 3 rings (SSSR count). The summed E-state index contributed by atoms with van der Waals surface area (Å²) in [6.07, 6.45) is 0.824. The van der Waals surface area contributed by atoms with Crippen LogP contribution in [-0.4, -0.2) is 46.1 Å². The Labute approximate surface area is 160 Å². The molecular formula is C19H23ClN2O3S. The maximum Gasteiger partial charge on any atom is 0.240 e. The number of sulfonamides is 1. The Morgan fingerprint density at radius 2 is 1.85 bits per heavy atom. The van der Waals surface area contributed by atoms with E-state index in [9.17, 15) is 8.42 Å². The fraction of sp³-hybridized carbons (Fsp3) is 0.368. The van der Waals surface area contributed by atoms with Crippen molar-refractivity contribution in [1.82, 2.24) is 9.62 Å². The van der Waals surface area contributed by atoms with E-state index < -0.39 is 10.0 Å². The fourth-order valence-corrected chi connectivity index (χ4v) is 4.18. The first-order valence-electron chi connectivity index (χ1n) is 8.69. The van der Waals surface area contributed by atoms with E-state index in [1.165, 1.54) is 17.7 Å². The molecule has 0 spiro atoms. The highest BCUT2D eigenvalue weighted by Crippen LogP contribution is 2.21. The van der Waals surface area contributed by atoms with Gasteiger partial charge in [-0.2, -0.15) is 0 Å². The van der Waals surface area contributed by atoms with Crippen molar-refractivity contribution < 1.29 is 13.2 Å².